The van der Waals surface area contributed by atoms with Gasteiger partial charge >= 0.3 is 0 Å². The fourth-order valence-corrected chi connectivity index (χ4v) is 1.61. The Kier molecular flexibility index (Phi) is 4.28. The molecule has 0 unspecified atom stereocenters. The molecule has 0 aliphatic heterocycles. The van der Waals surface area contributed by atoms with E-state index in [4.69, 9.17) is 0 Å². The first-order valence-electron chi connectivity index (χ1n) is 5.55. The minimum absolute atomic E-state index is 0.0522. The summed E-state index contributed by atoms with van der Waals surface area (Å²) < 4.78 is 0. The summed E-state index contributed by atoms with van der Waals surface area (Å²) in [5, 5.41) is 2.93. The van der Waals surface area contributed by atoms with Gasteiger partial charge in [-0.25, -0.2) is 4.98 Å². The first-order valence-corrected chi connectivity index (χ1v) is 5.55. The van der Waals surface area contributed by atoms with E-state index in [1.165, 1.54) is 0 Å². The molecule has 1 N–H and O–H groups in total. The van der Waals surface area contributed by atoms with Crippen LogP contribution >= 0.6 is 0 Å². The molecule has 1 amide bonds. The lowest BCUT2D eigenvalue weighted by atomic mass is 10.2. The Hall–Kier alpha value is -1.58. The molecule has 0 aliphatic rings. The van der Waals surface area contributed by atoms with Crippen LogP contribution in [0.3, 0.4) is 0 Å². The lowest BCUT2D eigenvalue weighted by Gasteiger charge is -2.25. The van der Waals surface area contributed by atoms with Gasteiger partial charge in [0, 0.05) is 31.4 Å². The molecule has 0 saturated heterocycles. The van der Waals surface area contributed by atoms with Crippen molar-refractivity contribution in [3.63, 3.8) is 0 Å². The van der Waals surface area contributed by atoms with Gasteiger partial charge in [-0.2, -0.15) is 0 Å². The summed E-state index contributed by atoms with van der Waals surface area (Å²) in [7, 11) is 1.79. The topological polar surface area (TPSA) is 45.2 Å². The Morgan fingerprint density at radius 3 is 2.75 bits per heavy atom. The smallest absolute Gasteiger partial charge is 0.254 e. The van der Waals surface area contributed by atoms with Crippen LogP contribution in [0.1, 0.15) is 31.1 Å². The van der Waals surface area contributed by atoms with Gasteiger partial charge in [-0.3, -0.25) is 4.79 Å². The molecule has 1 rings (SSSR count). The summed E-state index contributed by atoms with van der Waals surface area (Å²) in [6, 6.07) is 3.73. The van der Waals surface area contributed by atoms with Gasteiger partial charge < -0.3 is 10.2 Å². The molecule has 88 valence electrons. The van der Waals surface area contributed by atoms with Gasteiger partial charge in [-0.05, 0) is 32.9 Å². The van der Waals surface area contributed by atoms with Crippen molar-refractivity contribution in [3.05, 3.63) is 23.9 Å². The molecule has 0 fully saturated rings. The molecular formula is C12H19N3O. The number of nitrogens with zero attached hydrogens (tertiary/aromatic N) is 2. The summed E-state index contributed by atoms with van der Waals surface area (Å²) in [6.07, 6.45) is 1.65. The molecule has 0 radical (unpaired) electrons. The van der Waals surface area contributed by atoms with E-state index in [-0.39, 0.29) is 11.9 Å². The predicted octanol–water partition coefficient (Wildman–Crippen LogP) is 1.99. The summed E-state index contributed by atoms with van der Waals surface area (Å²) in [6.45, 7) is 6.73. The van der Waals surface area contributed by atoms with Crippen LogP contribution in [0.15, 0.2) is 18.3 Å². The molecule has 0 spiro atoms. The van der Waals surface area contributed by atoms with Crippen LogP contribution in [0.25, 0.3) is 0 Å². The second-order valence-corrected chi connectivity index (χ2v) is 3.86. The van der Waals surface area contributed by atoms with Crippen molar-refractivity contribution in [2.75, 3.05) is 18.9 Å². The van der Waals surface area contributed by atoms with Crippen LogP contribution in [0, 0.1) is 0 Å². The van der Waals surface area contributed by atoms with E-state index in [9.17, 15) is 4.79 Å². The first-order chi connectivity index (χ1) is 7.60. The van der Waals surface area contributed by atoms with Crippen LogP contribution in [0.4, 0.5) is 5.82 Å². The maximum absolute atomic E-state index is 12.2. The number of anilines is 1. The van der Waals surface area contributed by atoms with E-state index in [0.29, 0.717) is 17.9 Å². The Balaban J connectivity index is 2.94. The monoisotopic (exact) mass is 221 g/mol. The Labute approximate surface area is 96.7 Å². The minimum atomic E-state index is 0.0522. The fourth-order valence-electron chi connectivity index (χ4n) is 1.61. The van der Waals surface area contributed by atoms with E-state index in [1.807, 2.05) is 25.7 Å². The fraction of sp³-hybridized carbons (Fsp3) is 0.500. The number of rotatable bonds is 4. The van der Waals surface area contributed by atoms with Crippen molar-refractivity contribution >= 4 is 11.7 Å². The highest BCUT2D eigenvalue weighted by molar-refractivity contribution is 5.95. The molecular weight excluding hydrogens is 202 g/mol. The van der Waals surface area contributed by atoms with Crippen LogP contribution in [-0.4, -0.2) is 35.4 Å². The number of aromatic nitrogens is 1. The van der Waals surface area contributed by atoms with Gasteiger partial charge in [0.1, 0.15) is 5.82 Å². The van der Waals surface area contributed by atoms with E-state index in [0.717, 1.165) is 0 Å². The third-order valence-electron chi connectivity index (χ3n) is 2.49. The molecule has 4 nitrogen and oxygen atoms in total. The van der Waals surface area contributed by atoms with Crippen molar-refractivity contribution in [3.8, 4) is 0 Å². The average molecular weight is 221 g/mol. The Morgan fingerprint density at radius 1 is 1.56 bits per heavy atom. The van der Waals surface area contributed by atoms with Gasteiger partial charge in [0.05, 0.1) is 0 Å². The van der Waals surface area contributed by atoms with Gasteiger partial charge in [0.25, 0.3) is 5.91 Å². The van der Waals surface area contributed by atoms with Gasteiger partial charge in [-0.1, -0.05) is 0 Å². The number of nitrogens with one attached hydrogen (secondary N) is 1. The molecule has 1 aromatic rings. The third kappa shape index (κ3) is 2.72. The highest BCUT2D eigenvalue weighted by Gasteiger charge is 2.17. The highest BCUT2D eigenvalue weighted by atomic mass is 16.2. The number of carbonyl (C=O) groups is 1. The number of amides is 1. The zero-order chi connectivity index (χ0) is 12.1. The maximum atomic E-state index is 12.2. The van der Waals surface area contributed by atoms with E-state index in [2.05, 4.69) is 10.3 Å². The van der Waals surface area contributed by atoms with Crippen molar-refractivity contribution in [2.24, 2.45) is 0 Å². The second-order valence-electron chi connectivity index (χ2n) is 3.86. The predicted molar refractivity (Wildman–Crippen MR) is 65.6 cm³/mol. The van der Waals surface area contributed by atoms with Crippen LogP contribution in [0.5, 0.6) is 0 Å². The average Bonchev–Trinajstić information content (AvgIpc) is 2.29. The third-order valence-corrected chi connectivity index (χ3v) is 2.49. The summed E-state index contributed by atoms with van der Waals surface area (Å²) in [5.74, 6) is 0.766. The largest absolute Gasteiger partial charge is 0.373 e. The van der Waals surface area contributed by atoms with Crippen molar-refractivity contribution < 1.29 is 4.79 Å². The normalized spacial score (nSPS) is 10.3. The second kappa shape index (κ2) is 5.49. The van der Waals surface area contributed by atoms with E-state index in [1.54, 1.807) is 25.4 Å². The number of carbonyl (C=O) groups excluding carboxylic acids is 1. The van der Waals surface area contributed by atoms with Crippen LogP contribution < -0.4 is 5.32 Å². The zero-order valence-electron chi connectivity index (χ0n) is 10.3. The molecule has 16 heavy (non-hydrogen) atoms. The quantitative estimate of drug-likeness (QED) is 0.845. The van der Waals surface area contributed by atoms with Gasteiger partial charge in [0.2, 0.25) is 0 Å². The number of pyridine rings is 1. The van der Waals surface area contributed by atoms with Crippen molar-refractivity contribution in [2.45, 2.75) is 26.8 Å². The Morgan fingerprint density at radius 2 is 2.25 bits per heavy atom. The highest BCUT2D eigenvalue weighted by Crippen LogP contribution is 2.11. The molecule has 0 saturated carbocycles. The summed E-state index contributed by atoms with van der Waals surface area (Å²) in [5.41, 5.74) is 0.676. The van der Waals surface area contributed by atoms with Crippen LogP contribution in [-0.2, 0) is 0 Å². The molecule has 4 heteroatoms. The Bertz CT molecular complexity index is 363. The molecule has 0 bridgehead atoms. The number of hydrogen-bond donors (Lipinski definition) is 1. The molecule has 1 heterocycles. The lowest BCUT2D eigenvalue weighted by molar-refractivity contribution is 0.0717. The van der Waals surface area contributed by atoms with E-state index >= 15 is 0 Å². The minimum Gasteiger partial charge on any atom is -0.373 e. The van der Waals surface area contributed by atoms with Gasteiger partial charge in [0.15, 0.2) is 0 Å². The zero-order valence-corrected chi connectivity index (χ0v) is 10.3. The maximum Gasteiger partial charge on any atom is 0.254 e. The summed E-state index contributed by atoms with van der Waals surface area (Å²) in [4.78, 5) is 18.1. The first kappa shape index (κ1) is 12.5. The van der Waals surface area contributed by atoms with Crippen molar-refractivity contribution in [1.82, 2.24) is 9.88 Å². The summed E-state index contributed by atoms with van der Waals surface area (Å²) >= 11 is 0. The van der Waals surface area contributed by atoms with Crippen molar-refractivity contribution in [1.29, 1.82) is 0 Å². The SMILES string of the molecule is CCN(C(=O)c1ccnc(NC)c1)C(C)C. The number of hydrogen-bond acceptors (Lipinski definition) is 3. The standard InChI is InChI=1S/C12H19N3O/c1-5-15(9(2)3)12(16)10-6-7-14-11(8-10)13-4/h6-9H,5H2,1-4H3,(H,13,14). The lowest BCUT2D eigenvalue weighted by Crippen LogP contribution is -2.36. The molecule has 0 atom stereocenters. The van der Waals surface area contributed by atoms with Crippen LogP contribution in [0.2, 0.25) is 0 Å². The molecule has 1 aromatic heterocycles. The molecule has 0 aliphatic carbocycles. The van der Waals surface area contributed by atoms with Gasteiger partial charge in [-0.15, -0.1) is 0 Å². The van der Waals surface area contributed by atoms with E-state index < -0.39 is 0 Å². The molecule has 0 aromatic carbocycles.